The van der Waals surface area contributed by atoms with E-state index in [-0.39, 0.29) is 28.5 Å². The molecule has 11 heteroatoms. The van der Waals surface area contributed by atoms with Gasteiger partial charge < -0.3 is 9.73 Å². The SMILES string of the molecule is O=C(CSc1nc2ccccc2o1)Nc1nonc1N1C(=O)c2ccccc2C1=O. The van der Waals surface area contributed by atoms with Gasteiger partial charge in [0, 0.05) is 0 Å². The molecule has 0 bridgehead atoms. The fourth-order valence-corrected chi connectivity index (χ4v) is 3.64. The molecule has 0 aliphatic carbocycles. The van der Waals surface area contributed by atoms with Crippen molar-refractivity contribution in [1.82, 2.24) is 15.3 Å². The van der Waals surface area contributed by atoms with Crippen molar-refractivity contribution < 1.29 is 23.4 Å². The number of aromatic nitrogens is 3. The highest BCUT2D eigenvalue weighted by atomic mass is 32.2. The highest BCUT2D eigenvalue weighted by molar-refractivity contribution is 7.99. The van der Waals surface area contributed by atoms with E-state index >= 15 is 0 Å². The summed E-state index contributed by atoms with van der Waals surface area (Å²) in [5, 5.41) is 10.1. The van der Waals surface area contributed by atoms with Gasteiger partial charge in [-0.1, -0.05) is 36.0 Å². The van der Waals surface area contributed by atoms with E-state index in [0.29, 0.717) is 16.3 Å². The minimum absolute atomic E-state index is 0.0404. The van der Waals surface area contributed by atoms with Gasteiger partial charge in [0.1, 0.15) is 5.52 Å². The van der Waals surface area contributed by atoms with E-state index in [0.717, 1.165) is 16.7 Å². The zero-order valence-electron chi connectivity index (χ0n) is 15.1. The van der Waals surface area contributed by atoms with E-state index in [2.05, 4.69) is 25.2 Å². The Morgan fingerprint density at radius 2 is 1.70 bits per heavy atom. The van der Waals surface area contributed by atoms with Gasteiger partial charge in [0.2, 0.25) is 17.5 Å². The Bertz CT molecular complexity index is 1250. The number of fused-ring (bicyclic) bond motifs is 2. The van der Waals surface area contributed by atoms with E-state index in [9.17, 15) is 14.4 Å². The summed E-state index contributed by atoms with van der Waals surface area (Å²) < 4.78 is 10.2. The van der Waals surface area contributed by atoms with Crippen molar-refractivity contribution in [3.63, 3.8) is 0 Å². The van der Waals surface area contributed by atoms with Crippen LogP contribution in [0.5, 0.6) is 0 Å². The maximum Gasteiger partial charge on any atom is 0.267 e. The predicted molar refractivity (Wildman–Crippen MR) is 105 cm³/mol. The van der Waals surface area contributed by atoms with E-state index in [1.165, 1.54) is 12.1 Å². The van der Waals surface area contributed by atoms with Gasteiger partial charge in [-0.15, -0.1) is 0 Å². The second kappa shape index (κ2) is 7.12. The largest absolute Gasteiger partial charge is 0.431 e. The van der Waals surface area contributed by atoms with Gasteiger partial charge in [-0.05, 0) is 34.6 Å². The highest BCUT2D eigenvalue weighted by Gasteiger charge is 2.40. The molecule has 10 nitrogen and oxygen atoms in total. The Hall–Kier alpha value is -3.99. The third kappa shape index (κ3) is 3.01. The Morgan fingerprint density at radius 3 is 2.43 bits per heavy atom. The summed E-state index contributed by atoms with van der Waals surface area (Å²) in [6.45, 7) is 0. The third-order valence-corrected chi connectivity index (χ3v) is 5.16. The fraction of sp³-hybridized carbons (Fsp3) is 0.0526. The van der Waals surface area contributed by atoms with E-state index in [4.69, 9.17) is 4.42 Å². The van der Waals surface area contributed by atoms with Gasteiger partial charge in [-0.25, -0.2) is 14.5 Å². The monoisotopic (exact) mass is 421 g/mol. The van der Waals surface area contributed by atoms with Crippen LogP contribution < -0.4 is 10.2 Å². The number of hydrogen-bond donors (Lipinski definition) is 1. The zero-order valence-corrected chi connectivity index (χ0v) is 15.9. The quantitative estimate of drug-likeness (QED) is 0.381. The van der Waals surface area contributed by atoms with Crippen LogP contribution in [0.25, 0.3) is 11.1 Å². The molecule has 2 aromatic heterocycles. The maximum absolute atomic E-state index is 12.6. The average Bonchev–Trinajstić information content (AvgIpc) is 3.44. The van der Waals surface area contributed by atoms with E-state index in [1.54, 1.807) is 24.3 Å². The predicted octanol–water partition coefficient (Wildman–Crippen LogP) is 2.74. The van der Waals surface area contributed by atoms with Gasteiger partial charge in [-0.3, -0.25) is 14.4 Å². The molecule has 1 aliphatic rings. The molecule has 2 aromatic carbocycles. The first-order valence-corrected chi connectivity index (χ1v) is 9.69. The lowest BCUT2D eigenvalue weighted by Crippen LogP contribution is -2.31. The summed E-state index contributed by atoms with van der Waals surface area (Å²) in [6, 6.07) is 13.6. The number of carbonyl (C=O) groups is 3. The van der Waals surface area contributed by atoms with Crippen molar-refractivity contribution in [3.05, 3.63) is 59.7 Å². The Kier molecular flexibility index (Phi) is 4.29. The number of oxazole rings is 1. The molecule has 3 amide bonds. The minimum atomic E-state index is -0.567. The van der Waals surface area contributed by atoms with Crippen molar-refractivity contribution in [2.24, 2.45) is 0 Å². The number of benzene rings is 2. The number of rotatable bonds is 5. The summed E-state index contributed by atoms with van der Waals surface area (Å²) in [5.41, 5.74) is 1.80. The topological polar surface area (TPSA) is 131 Å². The normalized spacial score (nSPS) is 13.1. The van der Waals surface area contributed by atoms with Gasteiger partial charge >= 0.3 is 0 Å². The van der Waals surface area contributed by atoms with Crippen molar-refractivity contribution >= 4 is 52.2 Å². The molecule has 1 N–H and O–H groups in total. The van der Waals surface area contributed by atoms with Crippen LogP contribution in [0.3, 0.4) is 0 Å². The Balaban J connectivity index is 1.30. The molecule has 5 rings (SSSR count). The van der Waals surface area contributed by atoms with Gasteiger partial charge in [-0.2, -0.15) is 0 Å². The maximum atomic E-state index is 12.6. The third-order valence-electron chi connectivity index (χ3n) is 4.34. The van der Waals surface area contributed by atoms with Gasteiger partial charge in [0.15, 0.2) is 5.58 Å². The van der Waals surface area contributed by atoms with Crippen molar-refractivity contribution in [1.29, 1.82) is 0 Å². The molecule has 3 heterocycles. The summed E-state index contributed by atoms with van der Waals surface area (Å²) in [6.07, 6.45) is 0. The van der Waals surface area contributed by atoms with Crippen LogP contribution in [0.2, 0.25) is 0 Å². The second-order valence-electron chi connectivity index (χ2n) is 6.21. The molecule has 0 saturated carbocycles. The molecular weight excluding hydrogens is 410 g/mol. The molecule has 30 heavy (non-hydrogen) atoms. The van der Waals surface area contributed by atoms with Crippen molar-refractivity contribution in [3.8, 4) is 0 Å². The van der Waals surface area contributed by atoms with Crippen LogP contribution in [-0.4, -0.2) is 38.8 Å². The van der Waals surface area contributed by atoms with Crippen LogP contribution in [0.15, 0.2) is 62.8 Å². The molecule has 0 fully saturated rings. The molecular formula is C19H11N5O5S. The summed E-state index contributed by atoms with van der Waals surface area (Å²) in [7, 11) is 0. The number of thioether (sulfide) groups is 1. The molecule has 4 aromatic rings. The van der Waals surface area contributed by atoms with Gasteiger partial charge in [0.05, 0.1) is 16.9 Å². The first-order valence-electron chi connectivity index (χ1n) is 8.70. The summed E-state index contributed by atoms with van der Waals surface area (Å²) in [4.78, 5) is 42.6. The van der Waals surface area contributed by atoms with Crippen LogP contribution in [0.4, 0.5) is 11.6 Å². The van der Waals surface area contributed by atoms with E-state index in [1.807, 2.05) is 12.1 Å². The highest BCUT2D eigenvalue weighted by Crippen LogP contribution is 2.31. The van der Waals surface area contributed by atoms with Crippen LogP contribution in [0, 0.1) is 0 Å². The molecule has 0 spiro atoms. The number of imide groups is 1. The standard InChI is InChI=1S/C19H11N5O5S/c25-14(9-30-19-20-12-7-3-4-8-13(12)28-19)21-15-16(23-29-22-15)24-17(26)10-5-1-2-6-11(10)18(24)27/h1-8H,9H2,(H,21,22,25). The summed E-state index contributed by atoms with van der Waals surface area (Å²) >= 11 is 1.09. The smallest absolute Gasteiger partial charge is 0.267 e. The Labute approximate surface area is 172 Å². The number of carbonyl (C=O) groups excluding carboxylic acids is 3. The molecule has 148 valence electrons. The van der Waals surface area contributed by atoms with E-state index < -0.39 is 17.7 Å². The molecule has 0 unspecified atom stereocenters. The molecule has 0 atom stereocenters. The summed E-state index contributed by atoms with van der Waals surface area (Å²) in [5.74, 6) is -1.95. The first-order chi connectivity index (χ1) is 14.6. The lowest BCUT2D eigenvalue weighted by Gasteiger charge is -2.10. The zero-order chi connectivity index (χ0) is 20.7. The Morgan fingerprint density at radius 1 is 1.00 bits per heavy atom. The van der Waals surface area contributed by atoms with Crippen LogP contribution in [-0.2, 0) is 4.79 Å². The number of hydrogen-bond acceptors (Lipinski definition) is 9. The molecule has 0 radical (unpaired) electrons. The number of anilines is 2. The van der Waals surface area contributed by atoms with Gasteiger partial charge in [0.25, 0.3) is 17.0 Å². The number of nitrogens with one attached hydrogen (secondary N) is 1. The minimum Gasteiger partial charge on any atom is -0.431 e. The molecule has 0 saturated heterocycles. The number of amides is 3. The number of nitrogens with zero attached hydrogens (tertiary/aromatic N) is 4. The van der Waals surface area contributed by atoms with Crippen molar-refractivity contribution in [2.75, 3.05) is 16.0 Å². The van der Waals surface area contributed by atoms with Crippen molar-refractivity contribution in [2.45, 2.75) is 5.22 Å². The van der Waals surface area contributed by atoms with Crippen LogP contribution in [0.1, 0.15) is 20.7 Å². The fourth-order valence-electron chi connectivity index (χ4n) is 3.00. The van der Waals surface area contributed by atoms with Crippen LogP contribution >= 0.6 is 11.8 Å². The average molecular weight is 421 g/mol. The second-order valence-corrected chi connectivity index (χ2v) is 7.14. The molecule has 1 aliphatic heterocycles. The first kappa shape index (κ1) is 18.1. The number of para-hydroxylation sites is 2. The lowest BCUT2D eigenvalue weighted by molar-refractivity contribution is -0.113. The lowest BCUT2D eigenvalue weighted by atomic mass is 10.1.